The molecule has 0 aromatic carbocycles. The largest absolute Gasteiger partial charge is 0.478 e. The van der Waals surface area contributed by atoms with E-state index in [1.54, 1.807) is 0 Å². The van der Waals surface area contributed by atoms with Crippen molar-refractivity contribution < 1.29 is 19.4 Å². The first-order valence-electron chi connectivity index (χ1n) is 2.71. The van der Waals surface area contributed by atoms with Gasteiger partial charge in [0, 0.05) is 6.42 Å². The highest BCUT2D eigenvalue weighted by molar-refractivity contribution is 6.13. The van der Waals surface area contributed by atoms with Gasteiger partial charge in [-0.2, -0.15) is 0 Å². The van der Waals surface area contributed by atoms with Crippen LogP contribution in [0.15, 0.2) is 12.7 Å². The molecule has 0 aromatic rings. The van der Waals surface area contributed by atoms with Gasteiger partial charge < -0.3 is 9.84 Å². The Morgan fingerprint density at radius 3 is 2.50 bits per heavy atom. The normalized spacial score (nSPS) is 29.0. The van der Waals surface area contributed by atoms with Crippen LogP contribution in [0.25, 0.3) is 0 Å². The summed E-state index contributed by atoms with van der Waals surface area (Å²) >= 11 is 0. The van der Waals surface area contributed by atoms with Crippen LogP contribution in [0.1, 0.15) is 6.42 Å². The summed E-state index contributed by atoms with van der Waals surface area (Å²) in [6, 6.07) is 0. The minimum atomic E-state index is -1.58. The molecule has 4 heteroatoms. The molecule has 1 atom stereocenters. The average Bonchev–Trinajstić information content (AvgIpc) is 2.44. The van der Waals surface area contributed by atoms with Gasteiger partial charge in [0.2, 0.25) is 0 Å². The number of rotatable bonds is 3. The van der Waals surface area contributed by atoms with E-state index in [0.717, 1.165) is 0 Å². The molecule has 1 fully saturated rings. The van der Waals surface area contributed by atoms with Crippen LogP contribution in [-0.4, -0.2) is 22.6 Å². The summed E-state index contributed by atoms with van der Waals surface area (Å²) in [4.78, 5) is 20.7. The van der Waals surface area contributed by atoms with Crippen LogP contribution in [0, 0.1) is 0 Å². The maximum absolute atomic E-state index is 10.4. The smallest absolute Gasteiger partial charge is 0.364 e. The van der Waals surface area contributed by atoms with Crippen LogP contribution in [0.5, 0.6) is 0 Å². The second-order valence-corrected chi connectivity index (χ2v) is 2.01. The third kappa shape index (κ3) is 0.689. The molecule has 0 bridgehead atoms. The fourth-order valence-electron chi connectivity index (χ4n) is 0.679. The quantitative estimate of drug-likeness (QED) is 0.340. The number of hydrogen-bond acceptors (Lipinski definition) is 3. The Balaban J connectivity index is 2.72. The highest BCUT2D eigenvalue weighted by Gasteiger charge is 2.64. The number of ether oxygens (including phenoxy) is 1. The molecule has 54 valence electrons. The van der Waals surface area contributed by atoms with Gasteiger partial charge in [-0.3, -0.25) is 0 Å². The molecule has 1 rings (SSSR count). The zero-order chi connectivity index (χ0) is 7.78. The molecule has 1 aliphatic heterocycles. The van der Waals surface area contributed by atoms with Crippen molar-refractivity contribution in [3.8, 4) is 0 Å². The van der Waals surface area contributed by atoms with Crippen LogP contribution < -0.4 is 0 Å². The number of epoxide rings is 1. The monoisotopic (exact) mass is 142 g/mol. The zero-order valence-corrected chi connectivity index (χ0v) is 5.16. The van der Waals surface area contributed by atoms with Gasteiger partial charge in [0.15, 0.2) is 0 Å². The molecule has 10 heavy (non-hydrogen) atoms. The van der Waals surface area contributed by atoms with Crippen molar-refractivity contribution in [3.05, 3.63) is 12.7 Å². The third-order valence-corrected chi connectivity index (χ3v) is 1.33. The summed E-state index contributed by atoms with van der Waals surface area (Å²) in [6.45, 7) is 3.31. The first-order valence-corrected chi connectivity index (χ1v) is 2.71. The topological polar surface area (TPSA) is 66.9 Å². The van der Waals surface area contributed by atoms with Gasteiger partial charge in [-0.1, -0.05) is 6.08 Å². The molecule has 0 amide bonds. The molecule has 1 N–H and O–H groups in total. The number of carboxylic acids is 1. The highest BCUT2D eigenvalue weighted by atomic mass is 16.7. The van der Waals surface area contributed by atoms with E-state index < -0.39 is 17.5 Å². The molecule has 1 aliphatic rings. The SMILES string of the molecule is C=CCC1(C(=O)O)OC1=O. The Morgan fingerprint density at radius 2 is 2.40 bits per heavy atom. The lowest BCUT2D eigenvalue weighted by molar-refractivity contribution is -0.143. The molecule has 1 heterocycles. The van der Waals surface area contributed by atoms with E-state index in [1.165, 1.54) is 6.08 Å². The van der Waals surface area contributed by atoms with Crippen LogP contribution in [0.3, 0.4) is 0 Å². The highest BCUT2D eigenvalue weighted by Crippen LogP contribution is 2.33. The Labute approximate surface area is 57.1 Å². The first kappa shape index (κ1) is 6.80. The number of carbonyl (C=O) groups excluding carboxylic acids is 1. The summed E-state index contributed by atoms with van der Waals surface area (Å²) in [6.07, 6.45) is 1.39. The van der Waals surface area contributed by atoms with Crippen molar-refractivity contribution in [2.45, 2.75) is 12.0 Å². The second kappa shape index (κ2) is 1.83. The molecule has 0 radical (unpaired) electrons. The Bertz CT molecular complexity index is 208. The second-order valence-electron chi connectivity index (χ2n) is 2.01. The van der Waals surface area contributed by atoms with Gasteiger partial charge in [0.05, 0.1) is 0 Å². The lowest BCUT2D eigenvalue weighted by Gasteiger charge is -1.94. The van der Waals surface area contributed by atoms with Gasteiger partial charge in [-0.05, 0) is 0 Å². The third-order valence-electron chi connectivity index (χ3n) is 1.33. The van der Waals surface area contributed by atoms with Crippen molar-refractivity contribution in [3.63, 3.8) is 0 Å². The molecular weight excluding hydrogens is 136 g/mol. The number of carboxylic acid groups (broad SMARTS) is 1. The van der Waals surface area contributed by atoms with Crippen LogP contribution in [-0.2, 0) is 14.3 Å². The van der Waals surface area contributed by atoms with Crippen molar-refractivity contribution in [2.75, 3.05) is 0 Å². The summed E-state index contributed by atoms with van der Waals surface area (Å²) in [7, 11) is 0. The van der Waals surface area contributed by atoms with E-state index in [-0.39, 0.29) is 6.42 Å². The van der Waals surface area contributed by atoms with Crippen molar-refractivity contribution in [1.82, 2.24) is 0 Å². The van der Waals surface area contributed by atoms with Crippen LogP contribution >= 0.6 is 0 Å². The molecule has 1 saturated heterocycles. The molecule has 0 saturated carbocycles. The lowest BCUT2D eigenvalue weighted by Crippen LogP contribution is -2.24. The van der Waals surface area contributed by atoms with E-state index in [1.807, 2.05) is 0 Å². The zero-order valence-electron chi connectivity index (χ0n) is 5.16. The maximum atomic E-state index is 10.4. The molecule has 0 aromatic heterocycles. The number of hydrogen-bond donors (Lipinski definition) is 1. The predicted molar refractivity (Wildman–Crippen MR) is 31.3 cm³/mol. The number of cyclic esters (lactones) is 1. The number of aliphatic carboxylic acids is 1. The van der Waals surface area contributed by atoms with Crippen molar-refractivity contribution in [2.24, 2.45) is 0 Å². The molecule has 0 spiro atoms. The number of carbonyl (C=O) groups is 2. The van der Waals surface area contributed by atoms with Gasteiger partial charge >= 0.3 is 17.5 Å². The predicted octanol–water partition coefficient (Wildman–Crippen LogP) is -0.0573. The summed E-state index contributed by atoms with van der Waals surface area (Å²) in [5.74, 6) is -1.92. The van der Waals surface area contributed by atoms with Crippen LogP contribution in [0.2, 0.25) is 0 Å². The van der Waals surface area contributed by atoms with E-state index in [9.17, 15) is 9.59 Å². The van der Waals surface area contributed by atoms with Gasteiger partial charge in [-0.15, -0.1) is 6.58 Å². The van der Waals surface area contributed by atoms with E-state index in [4.69, 9.17) is 5.11 Å². The lowest BCUT2D eigenvalue weighted by atomic mass is 10.1. The first-order chi connectivity index (χ1) is 4.63. The Morgan fingerprint density at radius 1 is 1.90 bits per heavy atom. The fraction of sp³-hybridized carbons (Fsp3) is 0.333. The van der Waals surface area contributed by atoms with E-state index in [2.05, 4.69) is 11.3 Å². The molecular formula is C6H6O4. The van der Waals surface area contributed by atoms with E-state index >= 15 is 0 Å². The van der Waals surface area contributed by atoms with Gasteiger partial charge in [0.25, 0.3) is 0 Å². The molecule has 4 nitrogen and oxygen atoms in total. The maximum Gasteiger partial charge on any atom is 0.364 e. The van der Waals surface area contributed by atoms with Crippen molar-refractivity contribution >= 4 is 11.9 Å². The summed E-state index contributed by atoms with van der Waals surface area (Å²) < 4.78 is 4.30. The standard InChI is InChI=1S/C6H6O4/c1-2-3-6(4(7)8)5(9)10-6/h2H,1,3H2,(H,7,8). The van der Waals surface area contributed by atoms with Crippen molar-refractivity contribution in [1.29, 1.82) is 0 Å². The fourth-order valence-corrected chi connectivity index (χ4v) is 0.679. The Kier molecular flexibility index (Phi) is 1.24. The molecule has 0 aliphatic carbocycles. The van der Waals surface area contributed by atoms with Crippen LogP contribution in [0.4, 0.5) is 0 Å². The van der Waals surface area contributed by atoms with Gasteiger partial charge in [0.1, 0.15) is 0 Å². The minimum absolute atomic E-state index is 0.0428. The average molecular weight is 142 g/mol. The van der Waals surface area contributed by atoms with Gasteiger partial charge in [-0.25, -0.2) is 9.59 Å². The summed E-state index contributed by atoms with van der Waals surface area (Å²) in [5.41, 5.74) is -1.58. The minimum Gasteiger partial charge on any atom is -0.478 e. The summed E-state index contributed by atoms with van der Waals surface area (Å²) in [5, 5.41) is 8.41. The molecule has 1 unspecified atom stereocenters. The Hall–Kier alpha value is -1.32. The van der Waals surface area contributed by atoms with E-state index in [0.29, 0.717) is 0 Å².